The molecule has 0 atom stereocenters. The molecule has 1 rings (SSSR count). The fourth-order valence-electron chi connectivity index (χ4n) is 1.40. The van der Waals surface area contributed by atoms with Gasteiger partial charge in [0.25, 0.3) is 0 Å². The van der Waals surface area contributed by atoms with Gasteiger partial charge in [0.05, 0.1) is 5.60 Å². The normalized spacial score (nSPS) is 20.7. The summed E-state index contributed by atoms with van der Waals surface area (Å²) in [6.07, 6.45) is 2.51. The number of hydrogen-bond acceptors (Lipinski definition) is 2. The number of rotatable bonds is 5. The van der Waals surface area contributed by atoms with Crippen molar-refractivity contribution in [3.8, 4) is 0 Å². The summed E-state index contributed by atoms with van der Waals surface area (Å²) >= 11 is 0. The SMILES string of the molecule is CCOC1(CN(C)CC)CC1. The molecule has 0 spiro atoms. The van der Waals surface area contributed by atoms with Crippen molar-refractivity contribution in [2.75, 3.05) is 26.7 Å². The molecule has 66 valence electrons. The minimum Gasteiger partial charge on any atom is -0.374 e. The molecule has 2 nitrogen and oxygen atoms in total. The van der Waals surface area contributed by atoms with Crippen LogP contribution >= 0.6 is 0 Å². The minimum absolute atomic E-state index is 0.250. The standard InChI is InChI=1S/C9H19NO/c1-4-10(3)8-9(6-7-9)11-5-2/h4-8H2,1-3H3. The van der Waals surface area contributed by atoms with Crippen LogP contribution in [0.25, 0.3) is 0 Å². The third-order valence-corrected chi connectivity index (χ3v) is 2.36. The van der Waals surface area contributed by atoms with Gasteiger partial charge in [0.2, 0.25) is 0 Å². The summed E-state index contributed by atoms with van der Waals surface area (Å²) < 4.78 is 5.67. The predicted octanol–water partition coefficient (Wildman–Crippen LogP) is 1.51. The van der Waals surface area contributed by atoms with Crippen molar-refractivity contribution in [1.82, 2.24) is 4.90 Å². The molecule has 0 saturated heterocycles. The van der Waals surface area contributed by atoms with Gasteiger partial charge in [-0.25, -0.2) is 0 Å². The highest BCUT2D eigenvalue weighted by Crippen LogP contribution is 2.39. The highest BCUT2D eigenvalue weighted by molar-refractivity contribution is 4.97. The molecule has 1 fully saturated rings. The number of nitrogens with zero attached hydrogens (tertiary/aromatic N) is 1. The van der Waals surface area contributed by atoms with Gasteiger partial charge in [-0.3, -0.25) is 0 Å². The first-order valence-corrected chi connectivity index (χ1v) is 4.55. The van der Waals surface area contributed by atoms with Crippen LogP contribution in [0.5, 0.6) is 0 Å². The molecular weight excluding hydrogens is 138 g/mol. The second kappa shape index (κ2) is 3.55. The maximum atomic E-state index is 5.67. The Balaban J connectivity index is 2.23. The van der Waals surface area contributed by atoms with Gasteiger partial charge in [-0.1, -0.05) is 6.92 Å². The average molecular weight is 157 g/mol. The summed E-state index contributed by atoms with van der Waals surface area (Å²) in [6, 6.07) is 0. The first-order chi connectivity index (χ1) is 5.22. The Kier molecular flexibility index (Phi) is 2.90. The molecule has 1 aliphatic carbocycles. The van der Waals surface area contributed by atoms with Crippen LogP contribution in [-0.2, 0) is 4.74 Å². The van der Waals surface area contributed by atoms with Crippen molar-refractivity contribution in [1.29, 1.82) is 0 Å². The molecule has 1 aliphatic rings. The van der Waals surface area contributed by atoms with E-state index in [4.69, 9.17) is 4.74 Å². The minimum atomic E-state index is 0.250. The third kappa shape index (κ3) is 2.46. The molecule has 2 heteroatoms. The highest BCUT2D eigenvalue weighted by Gasteiger charge is 2.44. The van der Waals surface area contributed by atoms with Crippen molar-refractivity contribution >= 4 is 0 Å². The maximum absolute atomic E-state index is 5.67. The van der Waals surface area contributed by atoms with E-state index < -0.39 is 0 Å². The van der Waals surface area contributed by atoms with Gasteiger partial charge in [0, 0.05) is 13.2 Å². The Hall–Kier alpha value is -0.0800. The number of likely N-dealkylation sites (N-methyl/N-ethyl adjacent to an activating group) is 1. The zero-order chi connectivity index (χ0) is 8.32. The highest BCUT2D eigenvalue weighted by atomic mass is 16.5. The summed E-state index contributed by atoms with van der Waals surface area (Å²) in [6.45, 7) is 7.34. The fraction of sp³-hybridized carbons (Fsp3) is 1.00. The van der Waals surface area contributed by atoms with Crippen molar-refractivity contribution in [3.63, 3.8) is 0 Å². The Bertz CT molecular complexity index is 121. The van der Waals surface area contributed by atoms with Crippen LogP contribution in [0.1, 0.15) is 26.7 Å². The van der Waals surface area contributed by atoms with E-state index in [2.05, 4.69) is 25.8 Å². The van der Waals surface area contributed by atoms with Gasteiger partial charge in [-0.15, -0.1) is 0 Å². The van der Waals surface area contributed by atoms with Crippen LogP contribution in [0.15, 0.2) is 0 Å². The van der Waals surface area contributed by atoms with E-state index in [1.54, 1.807) is 0 Å². The summed E-state index contributed by atoms with van der Waals surface area (Å²) in [4.78, 5) is 2.32. The molecule has 0 radical (unpaired) electrons. The zero-order valence-electron chi connectivity index (χ0n) is 7.89. The molecule has 0 unspecified atom stereocenters. The van der Waals surface area contributed by atoms with E-state index in [0.717, 1.165) is 19.7 Å². The molecule has 0 N–H and O–H groups in total. The van der Waals surface area contributed by atoms with E-state index in [1.165, 1.54) is 12.8 Å². The van der Waals surface area contributed by atoms with Crippen LogP contribution in [-0.4, -0.2) is 37.2 Å². The van der Waals surface area contributed by atoms with E-state index in [-0.39, 0.29) is 5.60 Å². The lowest BCUT2D eigenvalue weighted by molar-refractivity contribution is 0.0200. The maximum Gasteiger partial charge on any atom is 0.0810 e. The monoisotopic (exact) mass is 157 g/mol. The van der Waals surface area contributed by atoms with Crippen LogP contribution in [0.3, 0.4) is 0 Å². The molecule has 0 aromatic carbocycles. The molecule has 1 saturated carbocycles. The topological polar surface area (TPSA) is 12.5 Å². The van der Waals surface area contributed by atoms with Gasteiger partial charge in [0.1, 0.15) is 0 Å². The number of hydrogen-bond donors (Lipinski definition) is 0. The van der Waals surface area contributed by atoms with Gasteiger partial charge >= 0.3 is 0 Å². The summed E-state index contributed by atoms with van der Waals surface area (Å²) in [5.41, 5.74) is 0.250. The molecule has 11 heavy (non-hydrogen) atoms. The first-order valence-electron chi connectivity index (χ1n) is 4.55. The smallest absolute Gasteiger partial charge is 0.0810 e. The zero-order valence-corrected chi connectivity index (χ0v) is 7.89. The Morgan fingerprint density at radius 2 is 2.00 bits per heavy atom. The van der Waals surface area contributed by atoms with Gasteiger partial charge in [-0.05, 0) is 33.4 Å². The fourth-order valence-corrected chi connectivity index (χ4v) is 1.40. The van der Waals surface area contributed by atoms with Crippen molar-refractivity contribution in [3.05, 3.63) is 0 Å². The lowest BCUT2D eigenvalue weighted by atomic mass is 10.3. The summed E-state index contributed by atoms with van der Waals surface area (Å²) in [5.74, 6) is 0. The van der Waals surface area contributed by atoms with Crippen molar-refractivity contribution in [2.45, 2.75) is 32.3 Å². The Morgan fingerprint density at radius 1 is 1.36 bits per heavy atom. The Morgan fingerprint density at radius 3 is 2.36 bits per heavy atom. The Labute approximate surface area is 69.5 Å². The second-order valence-electron chi connectivity index (χ2n) is 3.45. The molecule has 0 aromatic rings. The van der Waals surface area contributed by atoms with Gasteiger partial charge in [-0.2, -0.15) is 0 Å². The largest absolute Gasteiger partial charge is 0.374 e. The van der Waals surface area contributed by atoms with E-state index in [0.29, 0.717) is 0 Å². The van der Waals surface area contributed by atoms with Gasteiger partial charge < -0.3 is 9.64 Å². The van der Waals surface area contributed by atoms with Crippen molar-refractivity contribution in [2.24, 2.45) is 0 Å². The molecular formula is C9H19NO. The van der Waals surface area contributed by atoms with E-state index >= 15 is 0 Å². The van der Waals surface area contributed by atoms with Crippen LogP contribution in [0.2, 0.25) is 0 Å². The lowest BCUT2D eigenvalue weighted by Gasteiger charge is -2.22. The molecule has 0 amide bonds. The number of ether oxygens (including phenoxy) is 1. The molecule has 0 heterocycles. The molecule has 0 aliphatic heterocycles. The predicted molar refractivity (Wildman–Crippen MR) is 46.8 cm³/mol. The van der Waals surface area contributed by atoms with E-state index in [9.17, 15) is 0 Å². The van der Waals surface area contributed by atoms with Gasteiger partial charge in [0.15, 0.2) is 0 Å². The lowest BCUT2D eigenvalue weighted by Crippen LogP contribution is -2.32. The average Bonchev–Trinajstić information content (AvgIpc) is 2.70. The molecule has 0 bridgehead atoms. The van der Waals surface area contributed by atoms with Crippen LogP contribution < -0.4 is 0 Å². The second-order valence-corrected chi connectivity index (χ2v) is 3.45. The molecule has 0 aromatic heterocycles. The summed E-state index contributed by atoms with van der Waals surface area (Å²) in [7, 11) is 2.15. The summed E-state index contributed by atoms with van der Waals surface area (Å²) in [5, 5.41) is 0. The first kappa shape index (κ1) is 9.01. The van der Waals surface area contributed by atoms with E-state index in [1.807, 2.05) is 0 Å². The van der Waals surface area contributed by atoms with Crippen LogP contribution in [0, 0.1) is 0 Å². The van der Waals surface area contributed by atoms with Crippen LogP contribution in [0.4, 0.5) is 0 Å². The quantitative estimate of drug-likeness (QED) is 0.599. The third-order valence-electron chi connectivity index (χ3n) is 2.36. The van der Waals surface area contributed by atoms with Crippen molar-refractivity contribution < 1.29 is 4.74 Å².